The summed E-state index contributed by atoms with van der Waals surface area (Å²) in [6, 6.07) is 7.28. The number of nitrogens with zero attached hydrogens (tertiary/aromatic N) is 1. The van der Waals surface area contributed by atoms with Gasteiger partial charge >= 0.3 is 0 Å². The van der Waals surface area contributed by atoms with Crippen molar-refractivity contribution in [3.63, 3.8) is 0 Å². The highest BCUT2D eigenvalue weighted by Crippen LogP contribution is 2.19. The van der Waals surface area contributed by atoms with Gasteiger partial charge in [-0.25, -0.2) is 18.1 Å². The van der Waals surface area contributed by atoms with E-state index in [9.17, 15) is 8.42 Å². The van der Waals surface area contributed by atoms with Crippen LogP contribution >= 0.6 is 0 Å². The molecule has 0 aliphatic carbocycles. The van der Waals surface area contributed by atoms with E-state index in [1.54, 1.807) is 14.0 Å². The van der Waals surface area contributed by atoms with E-state index in [0.29, 0.717) is 6.42 Å². The minimum Gasteiger partial charge on any atom is -0.496 e. The average molecular weight is 295 g/mol. The van der Waals surface area contributed by atoms with Crippen molar-refractivity contribution in [3.8, 4) is 5.75 Å². The first-order valence-electron chi connectivity index (χ1n) is 6.15. The largest absolute Gasteiger partial charge is 0.496 e. The lowest BCUT2D eigenvalue weighted by Gasteiger charge is -2.15. The van der Waals surface area contributed by atoms with E-state index in [0.717, 1.165) is 11.3 Å². The number of ether oxygens (including phenoxy) is 1. The lowest BCUT2D eigenvalue weighted by atomic mass is 10.1. The van der Waals surface area contributed by atoms with Gasteiger partial charge in [-0.15, -0.1) is 0 Å². The van der Waals surface area contributed by atoms with Crippen molar-refractivity contribution >= 4 is 10.0 Å². The second-order valence-electron chi connectivity index (χ2n) is 4.45. The molecule has 7 heteroatoms. The summed E-state index contributed by atoms with van der Waals surface area (Å²) in [4.78, 5) is 6.30. The van der Waals surface area contributed by atoms with Crippen molar-refractivity contribution in [3.05, 3.63) is 42.4 Å². The molecule has 1 unspecified atom stereocenters. The van der Waals surface area contributed by atoms with Crippen LogP contribution in [0.1, 0.15) is 12.5 Å². The number of imidazole rings is 1. The van der Waals surface area contributed by atoms with Gasteiger partial charge in [0, 0.05) is 6.04 Å². The third-order valence-corrected chi connectivity index (χ3v) is 4.35. The van der Waals surface area contributed by atoms with Crippen LogP contribution in [0, 0.1) is 0 Å². The lowest BCUT2D eigenvalue weighted by Crippen LogP contribution is -2.34. The van der Waals surface area contributed by atoms with E-state index in [1.165, 1.54) is 12.5 Å². The third-order valence-electron chi connectivity index (χ3n) is 2.84. The van der Waals surface area contributed by atoms with E-state index < -0.39 is 10.0 Å². The minimum absolute atomic E-state index is 0.0596. The number of nitrogens with one attached hydrogen (secondary N) is 2. The number of hydrogen-bond donors (Lipinski definition) is 2. The number of hydrogen-bond acceptors (Lipinski definition) is 4. The van der Waals surface area contributed by atoms with Crippen molar-refractivity contribution in [1.29, 1.82) is 0 Å². The van der Waals surface area contributed by atoms with Crippen LogP contribution in [0.25, 0.3) is 0 Å². The number of benzene rings is 1. The van der Waals surface area contributed by atoms with Gasteiger partial charge in [-0.3, -0.25) is 0 Å². The number of methoxy groups -OCH3 is 1. The highest BCUT2D eigenvalue weighted by molar-refractivity contribution is 7.89. The SMILES string of the molecule is COc1ccccc1CC(C)NS(=O)(=O)c1cnc[nH]1. The number of sulfonamides is 1. The van der Waals surface area contributed by atoms with Crippen LogP contribution in [0.15, 0.2) is 41.8 Å². The monoisotopic (exact) mass is 295 g/mol. The molecule has 20 heavy (non-hydrogen) atoms. The van der Waals surface area contributed by atoms with E-state index in [4.69, 9.17) is 4.74 Å². The number of rotatable bonds is 6. The summed E-state index contributed by atoms with van der Waals surface area (Å²) in [5, 5.41) is 0.0596. The second-order valence-corrected chi connectivity index (χ2v) is 6.14. The minimum atomic E-state index is -3.56. The molecule has 0 spiro atoms. The van der Waals surface area contributed by atoms with Crippen molar-refractivity contribution in [2.75, 3.05) is 7.11 Å². The molecule has 2 aromatic rings. The van der Waals surface area contributed by atoms with Crippen LogP contribution in [0.2, 0.25) is 0 Å². The van der Waals surface area contributed by atoms with Crippen molar-refractivity contribution in [1.82, 2.24) is 14.7 Å². The Morgan fingerprint density at radius 2 is 2.15 bits per heavy atom. The molecule has 6 nitrogen and oxygen atoms in total. The average Bonchev–Trinajstić information content (AvgIpc) is 2.93. The Kier molecular flexibility index (Phi) is 4.41. The van der Waals surface area contributed by atoms with Gasteiger partial charge in [-0.2, -0.15) is 0 Å². The van der Waals surface area contributed by atoms with Crippen molar-refractivity contribution in [2.24, 2.45) is 0 Å². The smallest absolute Gasteiger partial charge is 0.257 e. The molecule has 0 aliphatic rings. The van der Waals surface area contributed by atoms with Crippen molar-refractivity contribution in [2.45, 2.75) is 24.4 Å². The summed E-state index contributed by atoms with van der Waals surface area (Å²) < 4.78 is 31.9. The van der Waals surface area contributed by atoms with Gasteiger partial charge in [0.05, 0.1) is 19.6 Å². The number of aromatic amines is 1. The highest BCUT2D eigenvalue weighted by atomic mass is 32.2. The van der Waals surface area contributed by atoms with Gasteiger partial charge in [0.1, 0.15) is 5.75 Å². The predicted molar refractivity (Wildman–Crippen MR) is 75.1 cm³/mol. The Balaban J connectivity index is 2.08. The quantitative estimate of drug-likeness (QED) is 0.842. The molecule has 0 radical (unpaired) electrons. The summed E-state index contributed by atoms with van der Waals surface area (Å²) in [6.07, 6.45) is 3.15. The molecule has 0 bridgehead atoms. The molecule has 0 saturated carbocycles. The van der Waals surface area contributed by atoms with Crippen LogP contribution in [0.4, 0.5) is 0 Å². The van der Waals surface area contributed by atoms with E-state index in [1.807, 2.05) is 24.3 Å². The molecule has 2 N–H and O–H groups in total. The lowest BCUT2D eigenvalue weighted by molar-refractivity contribution is 0.407. The van der Waals surface area contributed by atoms with E-state index >= 15 is 0 Å². The Labute approximate surface area is 118 Å². The molecule has 0 aliphatic heterocycles. The van der Waals surface area contributed by atoms with Gasteiger partial charge < -0.3 is 9.72 Å². The summed E-state index contributed by atoms with van der Waals surface area (Å²) in [7, 11) is -1.97. The Bertz CT molecular complexity index is 653. The Morgan fingerprint density at radius 1 is 1.40 bits per heavy atom. The van der Waals surface area contributed by atoms with Crippen molar-refractivity contribution < 1.29 is 13.2 Å². The number of H-pyrrole nitrogens is 1. The molecule has 1 aromatic heterocycles. The predicted octanol–water partition coefficient (Wildman–Crippen LogP) is 1.33. The molecule has 108 valence electrons. The summed E-state index contributed by atoms with van der Waals surface area (Å²) in [5.74, 6) is 0.750. The zero-order valence-electron chi connectivity index (χ0n) is 11.3. The first-order valence-corrected chi connectivity index (χ1v) is 7.64. The molecular formula is C13H17N3O3S. The molecule has 1 heterocycles. The van der Waals surface area contributed by atoms with Crippen LogP contribution < -0.4 is 9.46 Å². The van der Waals surface area contributed by atoms with Crippen LogP contribution in [-0.4, -0.2) is 31.5 Å². The van der Waals surface area contributed by atoms with Gasteiger partial charge in [0.15, 0.2) is 5.03 Å². The Morgan fingerprint density at radius 3 is 2.80 bits per heavy atom. The third kappa shape index (κ3) is 3.37. The first-order chi connectivity index (χ1) is 9.53. The van der Waals surface area contributed by atoms with Crippen LogP contribution in [0.3, 0.4) is 0 Å². The molecule has 2 rings (SSSR count). The fourth-order valence-electron chi connectivity index (χ4n) is 1.96. The maximum atomic E-state index is 12.0. The fraction of sp³-hybridized carbons (Fsp3) is 0.308. The standard InChI is InChI=1S/C13H17N3O3S/c1-10(7-11-5-3-4-6-12(11)19-2)16-20(17,18)13-8-14-9-15-13/h3-6,8-10,16H,7H2,1-2H3,(H,14,15). The van der Waals surface area contributed by atoms with Crippen LogP contribution in [-0.2, 0) is 16.4 Å². The van der Waals surface area contributed by atoms with Gasteiger partial charge in [0.25, 0.3) is 10.0 Å². The molecule has 0 saturated heterocycles. The number of aromatic nitrogens is 2. The van der Waals surface area contributed by atoms with Gasteiger partial charge in [-0.05, 0) is 25.0 Å². The zero-order chi connectivity index (χ0) is 14.6. The summed E-state index contributed by atoms with van der Waals surface area (Å²) in [6.45, 7) is 1.81. The van der Waals surface area contributed by atoms with Gasteiger partial charge in [0.2, 0.25) is 0 Å². The second kappa shape index (κ2) is 6.06. The summed E-state index contributed by atoms with van der Waals surface area (Å²) in [5.41, 5.74) is 0.954. The van der Waals surface area contributed by atoms with Gasteiger partial charge in [-0.1, -0.05) is 18.2 Å². The summed E-state index contributed by atoms with van der Waals surface area (Å²) >= 11 is 0. The Hall–Kier alpha value is -1.86. The maximum Gasteiger partial charge on any atom is 0.257 e. The van der Waals surface area contributed by atoms with E-state index in [2.05, 4.69) is 14.7 Å². The zero-order valence-corrected chi connectivity index (χ0v) is 12.1. The maximum absolute atomic E-state index is 12.0. The normalized spacial score (nSPS) is 13.1. The molecule has 1 atom stereocenters. The molecule has 0 fully saturated rings. The molecule has 1 aromatic carbocycles. The van der Waals surface area contributed by atoms with E-state index in [-0.39, 0.29) is 11.1 Å². The highest BCUT2D eigenvalue weighted by Gasteiger charge is 2.19. The fourth-order valence-corrected chi connectivity index (χ4v) is 3.11. The number of para-hydroxylation sites is 1. The molecule has 0 amide bonds. The van der Waals surface area contributed by atoms with Crippen LogP contribution in [0.5, 0.6) is 5.75 Å². The topological polar surface area (TPSA) is 84.1 Å². The molecular weight excluding hydrogens is 278 g/mol. The first kappa shape index (κ1) is 14.5.